The first-order valence-corrected chi connectivity index (χ1v) is 8.24. The molecule has 23 heavy (non-hydrogen) atoms. The van der Waals surface area contributed by atoms with Gasteiger partial charge in [0.1, 0.15) is 6.33 Å². The Balaban J connectivity index is 1.82. The molecule has 0 amide bonds. The summed E-state index contributed by atoms with van der Waals surface area (Å²) in [4.78, 5) is 11.8. The van der Waals surface area contributed by atoms with Gasteiger partial charge in [-0.1, -0.05) is 5.21 Å². The predicted molar refractivity (Wildman–Crippen MR) is 79.2 cm³/mol. The molecule has 2 heterocycles. The highest BCUT2D eigenvalue weighted by molar-refractivity contribution is 7.84. The topological polar surface area (TPSA) is 158 Å². The van der Waals surface area contributed by atoms with Crippen molar-refractivity contribution >= 4 is 34.0 Å². The molecule has 1 fully saturated rings. The fourth-order valence-corrected chi connectivity index (χ4v) is 3.11. The van der Waals surface area contributed by atoms with Crippen LogP contribution in [0.2, 0.25) is 0 Å². The van der Waals surface area contributed by atoms with Crippen molar-refractivity contribution in [2.45, 2.75) is 25.0 Å². The number of hydrogen-bond acceptors (Lipinski definition) is 9. The van der Waals surface area contributed by atoms with Crippen molar-refractivity contribution in [1.82, 2.24) is 25.0 Å². The van der Waals surface area contributed by atoms with Gasteiger partial charge in [-0.2, -0.15) is 8.42 Å². The van der Waals surface area contributed by atoms with Gasteiger partial charge in [0.25, 0.3) is 0 Å². The molecule has 0 aromatic carbocycles. The summed E-state index contributed by atoms with van der Waals surface area (Å²) in [6.07, 6.45) is 1.42. The molecule has 124 valence electrons. The number of aliphatic imine (C=N–C) groups is 1. The van der Waals surface area contributed by atoms with Gasteiger partial charge in [0.05, 0.1) is 18.8 Å². The SMILES string of the molecule is C=Nc1ncnc2c1nnn2C1CC(O)C(COS(N)(=O)=O)C1. The molecule has 12 heteroatoms. The Labute approximate surface area is 131 Å². The molecular weight excluding hydrogens is 326 g/mol. The average molecular weight is 341 g/mol. The van der Waals surface area contributed by atoms with Crippen LogP contribution in [0.5, 0.6) is 0 Å². The van der Waals surface area contributed by atoms with Crippen molar-refractivity contribution in [3.63, 3.8) is 0 Å². The lowest BCUT2D eigenvalue weighted by Gasteiger charge is -2.12. The van der Waals surface area contributed by atoms with Crippen LogP contribution in [0, 0.1) is 5.92 Å². The Morgan fingerprint density at radius 2 is 2.26 bits per heavy atom. The molecule has 0 aliphatic heterocycles. The fourth-order valence-electron chi connectivity index (χ4n) is 2.75. The summed E-state index contributed by atoms with van der Waals surface area (Å²) in [5.41, 5.74) is 0.897. The van der Waals surface area contributed by atoms with E-state index in [1.165, 1.54) is 6.33 Å². The summed E-state index contributed by atoms with van der Waals surface area (Å²) in [5, 5.41) is 22.9. The maximum absolute atomic E-state index is 10.9. The van der Waals surface area contributed by atoms with Crippen molar-refractivity contribution in [2.75, 3.05) is 6.61 Å². The minimum Gasteiger partial charge on any atom is -0.393 e. The molecule has 0 bridgehead atoms. The van der Waals surface area contributed by atoms with Gasteiger partial charge in [-0.05, 0) is 19.6 Å². The Kier molecular flexibility index (Phi) is 4.06. The highest BCUT2D eigenvalue weighted by Crippen LogP contribution is 2.36. The molecule has 11 nitrogen and oxygen atoms in total. The lowest BCUT2D eigenvalue weighted by atomic mass is 10.1. The zero-order valence-electron chi connectivity index (χ0n) is 12.0. The fraction of sp³-hybridized carbons (Fsp3) is 0.545. The van der Waals surface area contributed by atoms with E-state index in [4.69, 9.17) is 5.14 Å². The van der Waals surface area contributed by atoms with Gasteiger partial charge in [0, 0.05) is 5.92 Å². The van der Waals surface area contributed by atoms with E-state index in [-0.39, 0.29) is 18.6 Å². The lowest BCUT2D eigenvalue weighted by molar-refractivity contribution is 0.100. The van der Waals surface area contributed by atoms with Crippen LogP contribution in [-0.4, -0.2) is 57.9 Å². The zero-order chi connectivity index (χ0) is 16.6. The molecule has 0 radical (unpaired) electrons. The zero-order valence-corrected chi connectivity index (χ0v) is 12.8. The third-order valence-electron chi connectivity index (χ3n) is 3.82. The van der Waals surface area contributed by atoms with E-state index in [0.717, 1.165) is 0 Å². The standard InChI is InChI=1S/C11H15N7O4S/c1-13-10-9-11(15-5-14-10)18(17-16-9)7-2-6(8(19)3-7)4-22-23(12,20)21/h5-8,19H,1-4H2,(H2,12,20,21). The van der Waals surface area contributed by atoms with Crippen LogP contribution in [0.1, 0.15) is 18.9 Å². The number of rotatable bonds is 5. The first kappa shape index (κ1) is 15.9. The molecule has 3 N–H and O–H groups in total. The highest BCUT2D eigenvalue weighted by atomic mass is 32.2. The second kappa shape index (κ2) is 5.88. The number of hydrogen-bond donors (Lipinski definition) is 2. The summed E-state index contributed by atoms with van der Waals surface area (Å²) in [6.45, 7) is 3.23. The molecule has 1 aliphatic carbocycles. The van der Waals surface area contributed by atoms with E-state index in [2.05, 4.69) is 36.2 Å². The van der Waals surface area contributed by atoms with E-state index >= 15 is 0 Å². The first-order chi connectivity index (χ1) is 10.9. The summed E-state index contributed by atoms with van der Waals surface area (Å²) in [5.74, 6) is -0.0506. The molecule has 1 saturated carbocycles. The molecule has 0 spiro atoms. The van der Waals surface area contributed by atoms with Gasteiger partial charge in [-0.15, -0.1) is 5.10 Å². The number of fused-ring (bicyclic) bond motifs is 1. The van der Waals surface area contributed by atoms with Crippen LogP contribution in [0.4, 0.5) is 5.82 Å². The smallest absolute Gasteiger partial charge is 0.333 e. The van der Waals surface area contributed by atoms with Gasteiger partial charge < -0.3 is 5.11 Å². The van der Waals surface area contributed by atoms with Crippen LogP contribution in [0.25, 0.3) is 11.2 Å². The minimum atomic E-state index is -4.04. The van der Waals surface area contributed by atoms with Crippen LogP contribution in [0.3, 0.4) is 0 Å². The molecule has 1 aliphatic rings. The Morgan fingerprint density at radius 1 is 1.48 bits per heavy atom. The Bertz CT molecular complexity index is 836. The van der Waals surface area contributed by atoms with Gasteiger partial charge in [0.2, 0.25) is 0 Å². The molecule has 3 rings (SSSR count). The number of aliphatic hydroxyl groups is 1. The van der Waals surface area contributed by atoms with E-state index in [9.17, 15) is 13.5 Å². The molecule has 2 aromatic heterocycles. The van der Waals surface area contributed by atoms with Crippen LogP contribution in [0.15, 0.2) is 11.3 Å². The summed E-state index contributed by atoms with van der Waals surface area (Å²) in [6, 6.07) is -0.198. The minimum absolute atomic E-state index is 0.183. The molecule has 0 saturated heterocycles. The van der Waals surface area contributed by atoms with Gasteiger partial charge in [-0.3, -0.25) is 4.18 Å². The summed E-state index contributed by atoms with van der Waals surface area (Å²) < 4.78 is 27.9. The summed E-state index contributed by atoms with van der Waals surface area (Å²) in [7, 11) is -4.04. The number of nitrogens with two attached hydrogens (primary N) is 1. The quantitative estimate of drug-likeness (QED) is 0.661. The Morgan fingerprint density at radius 3 is 2.96 bits per heavy atom. The van der Waals surface area contributed by atoms with Crippen LogP contribution in [-0.2, 0) is 14.5 Å². The molecular formula is C11H15N7O4S. The van der Waals surface area contributed by atoms with E-state index in [1.54, 1.807) is 4.68 Å². The van der Waals surface area contributed by atoms with Crippen molar-refractivity contribution in [3.05, 3.63) is 6.33 Å². The second-order valence-electron chi connectivity index (χ2n) is 5.29. The normalized spacial score (nSPS) is 25.0. The van der Waals surface area contributed by atoms with E-state index in [0.29, 0.717) is 29.8 Å². The highest BCUT2D eigenvalue weighted by Gasteiger charge is 2.36. The Hall–Kier alpha value is -2.02. The molecule has 2 aromatic rings. The van der Waals surface area contributed by atoms with Gasteiger partial charge >= 0.3 is 10.3 Å². The monoisotopic (exact) mass is 341 g/mol. The van der Waals surface area contributed by atoms with Crippen molar-refractivity contribution < 1.29 is 17.7 Å². The lowest BCUT2D eigenvalue weighted by Crippen LogP contribution is -2.24. The van der Waals surface area contributed by atoms with Crippen molar-refractivity contribution in [2.24, 2.45) is 16.0 Å². The third-order valence-corrected chi connectivity index (χ3v) is 4.28. The molecule has 3 unspecified atom stereocenters. The van der Waals surface area contributed by atoms with Crippen molar-refractivity contribution in [1.29, 1.82) is 0 Å². The van der Waals surface area contributed by atoms with E-state index in [1.807, 2.05) is 0 Å². The number of aromatic nitrogens is 5. The first-order valence-electron chi connectivity index (χ1n) is 6.77. The number of aliphatic hydroxyl groups excluding tert-OH is 1. The summed E-state index contributed by atoms with van der Waals surface area (Å²) >= 11 is 0. The molecule has 3 atom stereocenters. The second-order valence-corrected chi connectivity index (χ2v) is 6.51. The third kappa shape index (κ3) is 3.19. The van der Waals surface area contributed by atoms with Crippen LogP contribution >= 0.6 is 0 Å². The average Bonchev–Trinajstić information content (AvgIpc) is 3.07. The van der Waals surface area contributed by atoms with Crippen molar-refractivity contribution in [3.8, 4) is 0 Å². The maximum atomic E-state index is 10.9. The van der Waals surface area contributed by atoms with Crippen LogP contribution < -0.4 is 5.14 Å². The van der Waals surface area contributed by atoms with Gasteiger partial charge in [0.15, 0.2) is 17.0 Å². The van der Waals surface area contributed by atoms with E-state index < -0.39 is 16.4 Å². The predicted octanol–water partition coefficient (Wildman–Crippen LogP) is -0.914. The largest absolute Gasteiger partial charge is 0.393 e. The maximum Gasteiger partial charge on any atom is 0.333 e. The van der Waals surface area contributed by atoms with Gasteiger partial charge in [-0.25, -0.2) is 24.8 Å². The number of nitrogens with zero attached hydrogens (tertiary/aromatic N) is 6.